The fourth-order valence-corrected chi connectivity index (χ4v) is 3.53. The molecular weight excluding hydrogens is 364 g/mol. The van der Waals surface area contributed by atoms with Gasteiger partial charge in [0.05, 0.1) is 11.9 Å². The standard InChI is InChI=1S/C20H24N2O4S/c1-4-16-5-11-19(12-6-16)22(27(3,25)26)14-13-20(24)21-18-9-7-17(8-10-18)15(2)23/h5-12H,4,13-14H2,1-3H3,(H,21,24). The summed E-state index contributed by atoms with van der Waals surface area (Å²) in [6.45, 7) is 3.54. The van der Waals surface area contributed by atoms with E-state index in [1.807, 2.05) is 19.1 Å². The smallest absolute Gasteiger partial charge is 0.232 e. The van der Waals surface area contributed by atoms with E-state index >= 15 is 0 Å². The number of nitrogens with zero attached hydrogens (tertiary/aromatic N) is 1. The lowest BCUT2D eigenvalue weighted by Gasteiger charge is -2.22. The first-order chi connectivity index (χ1) is 12.7. The van der Waals surface area contributed by atoms with Crippen molar-refractivity contribution in [3.63, 3.8) is 0 Å². The summed E-state index contributed by atoms with van der Waals surface area (Å²) in [7, 11) is -3.51. The van der Waals surface area contributed by atoms with Crippen molar-refractivity contribution < 1.29 is 18.0 Å². The van der Waals surface area contributed by atoms with E-state index in [0.717, 1.165) is 18.2 Å². The second kappa shape index (κ2) is 8.81. The lowest BCUT2D eigenvalue weighted by atomic mass is 10.1. The van der Waals surface area contributed by atoms with Gasteiger partial charge in [-0.1, -0.05) is 19.1 Å². The van der Waals surface area contributed by atoms with E-state index in [4.69, 9.17) is 0 Å². The minimum atomic E-state index is -3.51. The van der Waals surface area contributed by atoms with E-state index < -0.39 is 10.0 Å². The summed E-state index contributed by atoms with van der Waals surface area (Å²) >= 11 is 0. The molecule has 144 valence electrons. The molecule has 0 heterocycles. The molecule has 2 aromatic carbocycles. The van der Waals surface area contributed by atoms with E-state index in [-0.39, 0.29) is 24.7 Å². The van der Waals surface area contributed by atoms with Crippen molar-refractivity contribution in [2.24, 2.45) is 0 Å². The molecule has 0 fully saturated rings. The maximum absolute atomic E-state index is 12.2. The lowest BCUT2D eigenvalue weighted by Crippen LogP contribution is -2.33. The Morgan fingerprint density at radius 1 is 1.00 bits per heavy atom. The fraction of sp³-hybridized carbons (Fsp3) is 0.300. The van der Waals surface area contributed by atoms with Crippen LogP contribution < -0.4 is 9.62 Å². The number of carbonyl (C=O) groups excluding carboxylic acids is 2. The number of hydrogen-bond acceptors (Lipinski definition) is 4. The molecule has 1 N–H and O–H groups in total. The third-order valence-electron chi connectivity index (χ3n) is 4.15. The van der Waals surface area contributed by atoms with Crippen LogP contribution in [-0.2, 0) is 21.2 Å². The first-order valence-corrected chi connectivity index (χ1v) is 10.5. The summed E-state index contributed by atoms with van der Waals surface area (Å²) in [5, 5.41) is 2.71. The van der Waals surface area contributed by atoms with Crippen LogP contribution in [0.1, 0.15) is 36.2 Å². The molecule has 0 unspecified atom stereocenters. The van der Waals surface area contributed by atoms with E-state index in [1.54, 1.807) is 36.4 Å². The highest BCUT2D eigenvalue weighted by Gasteiger charge is 2.18. The molecule has 2 rings (SSSR count). The minimum Gasteiger partial charge on any atom is -0.326 e. The molecule has 0 radical (unpaired) electrons. The van der Waals surface area contributed by atoms with Crippen LogP contribution in [0.5, 0.6) is 0 Å². The van der Waals surface area contributed by atoms with Crippen molar-refractivity contribution >= 4 is 33.1 Å². The lowest BCUT2D eigenvalue weighted by molar-refractivity contribution is -0.116. The van der Waals surface area contributed by atoms with Crippen molar-refractivity contribution in [3.8, 4) is 0 Å². The molecule has 0 bridgehead atoms. The molecule has 0 atom stereocenters. The SMILES string of the molecule is CCc1ccc(N(CCC(=O)Nc2ccc(C(C)=O)cc2)S(C)(=O)=O)cc1. The third kappa shape index (κ3) is 5.92. The zero-order valence-electron chi connectivity index (χ0n) is 15.7. The Hall–Kier alpha value is -2.67. The summed E-state index contributed by atoms with van der Waals surface area (Å²) in [5.74, 6) is -0.352. The maximum Gasteiger partial charge on any atom is 0.232 e. The molecule has 0 aliphatic carbocycles. The number of sulfonamides is 1. The Bertz CT molecular complexity index is 904. The van der Waals surface area contributed by atoms with Crippen molar-refractivity contribution in [1.82, 2.24) is 0 Å². The fourth-order valence-electron chi connectivity index (χ4n) is 2.60. The normalized spacial score (nSPS) is 11.1. The molecule has 2 aromatic rings. The van der Waals surface area contributed by atoms with Gasteiger partial charge in [0.1, 0.15) is 0 Å². The molecule has 1 amide bonds. The van der Waals surface area contributed by atoms with Gasteiger partial charge in [-0.15, -0.1) is 0 Å². The average molecular weight is 388 g/mol. The number of benzene rings is 2. The van der Waals surface area contributed by atoms with Crippen LogP contribution in [0.4, 0.5) is 11.4 Å². The van der Waals surface area contributed by atoms with Gasteiger partial charge < -0.3 is 5.32 Å². The second-order valence-corrected chi connectivity index (χ2v) is 8.19. The average Bonchev–Trinajstić information content (AvgIpc) is 2.61. The monoisotopic (exact) mass is 388 g/mol. The molecule has 0 saturated carbocycles. The van der Waals surface area contributed by atoms with E-state index in [1.165, 1.54) is 11.2 Å². The minimum absolute atomic E-state index is 0.0110. The van der Waals surface area contributed by atoms with Crippen molar-refractivity contribution in [3.05, 3.63) is 59.7 Å². The highest BCUT2D eigenvalue weighted by Crippen LogP contribution is 2.19. The van der Waals surface area contributed by atoms with E-state index in [2.05, 4.69) is 5.32 Å². The second-order valence-electron chi connectivity index (χ2n) is 6.29. The van der Waals surface area contributed by atoms with Crippen LogP contribution in [0, 0.1) is 0 Å². The number of hydrogen-bond donors (Lipinski definition) is 1. The molecule has 0 aliphatic heterocycles. The van der Waals surface area contributed by atoms with E-state index in [0.29, 0.717) is 16.9 Å². The quantitative estimate of drug-likeness (QED) is 0.704. The number of anilines is 2. The molecule has 0 aliphatic rings. The number of Topliss-reactive ketones (excluding diaryl/α,β-unsaturated/α-hetero) is 1. The molecule has 7 heteroatoms. The number of aryl methyl sites for hydroxylation is 1. The van der Waals surface area contributed by atoms with Crippen molar-refractivity contribution in [1.29, 1.82) is 0 Å². The van der Waals surface area contributed by atoms with Crippen LogP contribution in [0.2, 0.25) is 0 Å². The number of rotatable bonds is 8. The van der Waals surface area contributed by atoms with Crippen LogP contribution in [0.3, 0.4) is 0 Å². The largest absolute Gasteiger partial charge is 0.326 e. The van der Waals surface area contributed by atoms with Gasteiger partial charge in [-0.2, -0.15) is 0 Å². The maximum atomic E-state index is 12.2. The molecule has 0 saturated heterocycles. The highest BCUT2D eigenvalue weighted by molar-refractivity contribution is 7.92. The molecule has 0 spiro atoms. The Kier molecular flexibility index (Phi) is 6.74. The van der Waals surface area contributed by atoms with Gasteiger partial charge in [0.15, 0.2) is 5.78 Å². The summed E-state index contributed by atoms with van der Waals surface area (Å²) in [5.41, 5.74) is 2.77. The summed E-state index contributed by atoms with van der Waals surface area (Å²) in [4.78, 5) is 23.5. The van der Waals surface area contributed by atoms with Gasteiger partial charge >= 0.3 is 0 Å². The number of nitrogens with one attached hydrogen (secondary N) is 1. The van der Waals surface area contributed by atoms with Gasteiger partial charge in [0.25, 0.3) is 0 Å². The van der Waals surface area contributed by atoms with Crippen LogP contribution in [0.15, 0.2) is 48.5 Å². The van der Waals surface area contributed by atoms with Crippen LogP contribution in [0.25, 0.3) is 0 Å². The Balaban J connectivity index is 2.03. The zero-order valence-corrected chi connectivity index (χ0v) is 16.5. The van der Waals surface area contributed by atoms with Gasteiger partial charge in [-0.25, -0.2) is 8.42 Å². The number of amides is 1. The summed E-state index contributed by atoms with van der Waals surface area (Å²) in [6, 6.07) is 13.8. The predicted octanol–water partition coefficient (Wildman–Crippen LogP) is 3.25. The van der Waals surface area contributed by atoms with Gasteiger partial charge in [-0.3, -0.25) is 13.9 Å². The van der Waals surface area contributed by atoms with Gasteiger partial charge in [0.2, 0.25) is 15.9 Å². The third-order valence-corrected chi connectivity index (χ3v) is 5.34. The highest BCUT2D eigenvalue weighted by atomic mass is 32.2. The first-order valence-electron chi connectivity index (χ1n) is 8.68. The zero-order chi connectivity index (χ0) is 20.0. The molecule has 0 aromatic heterocycles. The number of carbonyl (C=O) groups is 2. The Morgan fingerprint density at radius 3 is 2.07 bits per heavy atom. The van der Waals surface area contributed by atoms with E-state index in [9.17, 15) is 18.0 Å². The van der Waals surface area contributed by atoms with Crippen molar-refractivity contribution in [2.75, 3.05) is 22.4 Å². The van der Waals surface area contributed by atoms with Gasteiger partial charge in [-0.05, 0) is 55.3 Å². The van der Waals surface area contributed by atoms with Crippen molar-refractivity contribution in [2.45, 2.75) is 26.7 Å². The predicted molar refractivity (Wildman–Crippen MR) is 108 cm³/mol. The molecule has 27 heavy (non-hydrogen) atoms. The summed E-state index contributed by atoms with van der Waals surface area (Å²) in [6.07, 6.45) is 2.00. The number of ketones is 1. The molecule has 6 nitrogen and oxygen atoms in total. The Morgan fingerprint density at radius 2 is 1.59 bits per heavy atom. The Labute approximate surface area is 160 Å². The summed E-state index contributed by atoms with van der Waals surface area (Å²) < 4.78 is 25.5. The van der Waals surface area contributed by atoms with Gasteiger partial charge in [0, 0.05) is 24.2 Å². The molecular formula is C20H24N2O4S. The first kappa shape index (κ1) is 20.6. The van der Waals surface area contributed by atoms with Crippen LogP contribution >= 0.6 is 0 Å². The van der Waals surface area contributed by atoms with Crippen LogP contribution in [-0.4, -0.2) is 32.9 Å². The topological polar surface area (TPSA) is 83.6 Å².